The van der Waals surface area contributed by atoms with Gasteiger partial charge < -0.3 is 16.0 Å². The number of hydrogen-bond acceptors (Lipinski definition) is 4. The molecule has 8 heteroatoms. The molecule has 0 spiro atoms. The number of amides is 3. The lowest BCUT2D eigenvalue weighted by molar-refractivity contribution is -0.135. The maximum absolute atomic E-state index is 13.3. The summed E-state index contributed by atoms with van der Waals surface area (Å²) in [6.45, 7) is 5.56. The number of nitrogens with two attached hydrogens (primary N) is 1. The van der Waals surface area contributed by atoms with E-state index in [1.54, 1.807) is 32.2 Å². The van der Waals surface area contributed by atoms with Crippen molar-refractivity contribution in [3.63, 3.8) is 0 Å². The van der Waals surface area contributed by atoms with E-state index in [1.165, 1.54) is 4.90 Å². The SMILES string of the molecule is CC(C)C[C@@H](C(=O)N[C@H]1N=C(c2ccccc2)c2cc(Cl)ccc2N(C)C1=O)[C@H](C)C(N)=O. The molecule has 3 rings (SSSR count). The zero-order chi connectivity index (χ0) is 24.3. The Kier molecular flexibility index (Phi) is 7.53. The van der Waals surface area contributed by atoms with Crippen LogP contribution < -0.4 is 16.0 Å². The molecule has 1 aliphatic heterocycles. The molecule has 2 aromatic rings. The number of fused-ring (bicyclic) bond motifs is 1. The van der Waals surface area contributed by atoms with E-state index in [-0.39, 0.29) is 5.92 Å². The first-order valence-corrected chi connectivity index (χ1v) is 11.3. The van der Waals surface area contributed by atoms with Gasteiger partial charge in [0.25, 0.3) is 5.91 Å². The molecule has 7 nitrogen and oxygen atoms in total. The second kappa shape index (κ2) is 10.2. The summed E-state index contributed by atoms with van der Waals surface area (Å²) in [5, 5.41) is 3.28. The van der Waals surface area contributed by atoms with E-state index < -0.39 is 35.7 Å². The number of benzodiazepines with no additional fused rings is 1. The van der Waals surface area contributed by atoms with Crippen LogP contribution in [0.3, 0.4) is 0 Å². The topological polar surface area (TPSA) is 105 Å². The third-order valence-electron chi connectivity index (χ3n) is 5.84. The van der Waals surface area contributed by atoms with Crippen molar-refractivity contribution in [2.75, 3.05) is 11.9 Å². The van der Waals surface area contributed by atoms with Gasteiger partial charge in [-0.3, -0.25) is 14.4 Å². The number of carbonyl (C=O) groups excluding carboxylic acids is 3. The number of halogens is 1. The molecule has 3 N–H and O–H groups in total. The third-order valence-corrected chi connectivity index (χ3v) is 6.07. The largest absolute Gasteiger partial charge is 0.369 e. The molecule has 0 aromatic heterocycles. The Morgan fingerprint density at radius 2 is 1.82 bits per heavy atom. The Morgan fingerprint density at radius 1 is 1.15 bits per heavy atom. The standard InChI is InChI=1S/C25H29ClN4O3/c1-14(2)12-18(15(3)22(27)31)24(32)29-23-25(33)30(4)20-11-10-17(26)13-19(20)21(28-23)16-8-6-5-7-9-16/h5-11,13-15,18,23H,12H2,1-4H3,(H2,27,31)(H,29,32)/t15-,18+,23+/m0/s1. The van der Waals surface area contributed by atoms with Crippen LogP contribution in [0, 0.1) is 17.8 Å². The summed E-state index contributed by atoms with van der Waals surface area (Å²) >= 11 is 6.27. The summed E-state index contributed by atoms with van der Waals surface area (Å²) in [5.74, 6) is -2.58. The number of likely N-dealkylation sites (N-methyl/N-ethyl adjacent to an activating group) is 1. The molecular formula is C25H29ClN4O3. The predicted octanol–water partition coefficient (Wildman–Crippen LogP) is 3.38. The normalized spacial score (nSPS) is 17.6. The van der Waals surface area contributed by atoms with Crippen LogP contribution in [0.4, 0.5) is 5.69 Å². The fraction of sp³-hybridized carbons (Fsp3) is 0.360. The number of anilines is 1. The van der Waals surface area contributed by atoms with Gasteiger partial charge in [-0.1, -0.05) is 62.7 Å². The van der Waals surface area contributed by atoms with E-state index in [0.717, 1.165) is 5.56 Å². The van der Waals surface area contributed by atoms with Crippen LogP contribution in [-0.2, 0) is 14.4 Å². The second-order valence-corrected chi connectivity index (χ2v) is 9.18. The molecular weight excluding hydrogens is 440 g/mol. The average molecular weight is 469 g/mol. The first kappa shape index (κ1) is 24.5. The van der Waals surface area contributed by atoms with Crippen molar-refractivity contribution in [1.29, 1.82) is 0 Å². The molecule has 1 aliphatic rings. The highest BCUT2D eigenvalue weighted by molar-refractivity contribution is 6.32. The Bertz CT molecular complexity index is 1080. The van der Waals surface area contributed by atoms with Crippen LogP contribution in [0.2, 0.25) is 5.02 Å². The van der Waals surface area contributed by atoms with Crippen LogP contribution in [0.1, 0.15) is 38.3 Å². The number of hydrogen-bond donors (Lipinski definition) is 2. The lowest BCUT2D eigenvalue weighted by Crippen LogP contribution is -2.49. The van der Waals surface area contributed by atoms with Crippen LogP contribution >= 0.6 is 11.6 Å². The quantitative estimate of drug-likeness (QED) is 0.650. The Hall–Kier alpha value is -3.19. The van der Waals surface area contributed by atoms with Crippen molar-refractivity contribution >= 4 is 40.7 Å². The van der Waals surface area contributed by atoms with E-state index in [1.807, 2.05) is 44.2 Å². The highest BCUT2D eigenvalue weighted by Gasteiger charge is 2.35. The van der Waals surface area contributed by atoms with Crippen LogP contribution in [0.5, 0.6) is 0 Å². The summed E-state index contributed by atoms with van der Waals surface area (Å²) in [7, 11) is 1.63. The van der Waals surface area contributed by atoms with Gasteiger partial charge in [-0.2, -0.15) is 0 Å². The molecule has 0 unspecified atom stereocenters. The van der Waals surface area contributed by atoms with E-state index >= 15 is 0 Å². The minimum absolute atomic E-state index is 0.157. The molecule has 174 valence electrons. The summed E-state index contributed by atoms with van der Waals surface area (Å²) in [6.07, 6.45) is -0.712. The summed E-state index contributed by atoms with van der Waals surface area (Å²) in [4.78, 5) is 44.6. The minimum atomic E-state index is -1.17. The predicted molar refractivity (Wildman–Crippen MR) is 130 cm³/mol. The molecule has 0 bridgehead atoms. The maximum atomic E-state index is 13.3. The minimum Gasteiger partial charge on any atom is -0.369 e. The fourth-order valence-corrected chi connectivity index (χ4v) is 4.12. The first-order valence-electron chi connectivity index (χ1n) is 10.9. The molecule has 3 amide bonds. The summed E-state index contributed by atoms with van der Waals surface area (Å²) < 4.78 is 0. The lowest BCUT2D eigenvalue weighted by atomic mass is 9.85. The zero-order valence-corrected chi connectivity index (χ0v) is 20.0. The van der Waals surface area contributed by atoms with Gasteiger partial charge in [0.15, 0.2) is 0 Å². The molecule has 0 fully saturated rings. The average Bonchev–Trinajstić information content (AvgIpc) is 2.87. The summed E-state index contributed by atoms with van der Waals surface area (Å²) in [5.41, 5.74) is 8.14. The van der Waals surface area contributed by atoms with E-state index in [0.29, 0.717) is 28.4 Å². The van der Waals surface area contributed by atoms with Crippen molar-refractivity contribution < 1.29 is 14.4 Å². The second-order valence-electron chi connectivity index (χ2n) is 8.74. The molecule has 0 radical (unpaired) electrons. The van der Waals surface area contributed by atoms with Gasteiger partial charge in [0.05, 0.1) is 11.4 Å². The van der Waals surface area contributed by atoms with Gasteiger partial charge in [-0.25, -0.2) is 4.99 Å². The number of rotatable bonds is 7. The maximum Gasteiger partial charge on any atom is 0.272 e. The van der Waals surface area contributed by atoms with Gasteiger partial charge >= 0.3 is 0 Å². The number of benzene rings is 2. The number of primary amides is 1. The third kappa shape index (κ3) is 5.42. The van der Waals surface area contributed by atoms with Crippen LogP contribution in [0.25, 0.3) is 0 Å². The van der Waals surface area contributed by atoms with Crippen molar-refractivity contribution in [2.24, 2.45) is 28.5 Å². The van der Waals surface area contributed by atoms with Crippen molar-refractivity contribution in [3.8, 4) is 0 Å². The number of carbonyl (C=O) groups is 3. The van der Waals surface area contributed by atoms with E-state index in [4.69, 9.17) is 17.3 Å². The highest BCUT2D eigenvalue weighted by atomic mass is 35.5. The molecule has 0 saturated heterocycles. The number of aliphatic imine (C=N–C) groups is 1. The van der Waals surface area contributed by atoms with Gasteiger partial charge in [0.1, 0.15) is 0 Å². The molecule has 33 heavy (non-hydrogen) atoms. The molecule has 0 saturated carbocycles. The molecule has 1 heterocycles. The van der Waals surface area contributed by atoms with Crippen LogP contribution in [0.15, 0.2) is 53.5 Å². The van der Waals surface area contributed by atoms with Gasteiger partial charge in [0, 0.05) is 35.0 Å². The monoisotopic (exact) mass is 468 g/mol. The van der Waals surface area contributed by atoms with Crippen molar-refractivity contribution in [2.45, 2.75) is 33.4 Å². The van der Waals surface area contributed by atoms with Crippen LogP contribution in [-0.4, -0.2) is 36.6 Å². The van der Waals surface area contributed by atoms with Gasteiger partial charge in [-0.05, 0) is 30.5 Å². The Balaban J connectivity index is 2.06. The highest BCUT2D eigenvalue weighted by Crippen LogP contribution is 2.30. The Morgan fingerprint density at radius 3 is 2.42 bits per heavy atom. The summed E-state index contributed by atoms with van der Waals surface area (Å²) in [6, 6.07) is 14.6. The van der Waals surface area contributed by atoms with Crippen molar-refractivity contribution in [3.05, 3.63) is 64.7 Å². The molecule has 2 aromatic carbocycles. The molecule has 3 atom stereocenters. The number of nitrogens with one attached hydrogen (secondary N) is 1. The first-order chi connectivity index (χ1) is 15.6. The number of nitrogens with zero attached hydrogens (tertiary/aromatic N) is 2. The van der Waals surface area contributed by atoms with Gasteiger partial charge in [0.2, 0.25) is 18.0 Å². The Labute approximate surface area is 199 Å². The zero-order valence-electron chi connectivity index (χ0n) is 19.2. The smallest absolute Gasteiger partial charge is 0.272 e. The van der Waals surface area contributed by atoms with Crippen molar-refractivity contribution in [1.82, 2.24) is 5.32 Å². The lowest BCUT2D eigenvalue weighted by Gasteiger charge is -2.25. The fourth-order valence-electron chi connectivity index (χ4n) is 3.95. The van der Waals surface area contributed by atoms with Gasteiger partial charge in [-0.15, -0.1) is 0 Å². The van der Waals surface area contributed by atoms with E-state index in [2.05, 4.69) is 10.3 Å². The van der Waals surface area contributed by atoms with E-state index in [9.17, 15) is 14.4 Å². The molecule has 0 aliphatic carbocycles.